The normalized spacial score (nSPS) is 27.5. The molecule has 2 rings (SSSR count). The molecule has 1 aromatic heterocycles. The van der Waals surface area contributed by atoms with E-state index in [2.05, 4.69) is 17.3 Å². The monoisotopic (exact) mass is 267 g/mol. The Labute approximate surface area is 115 Å². The molecule has 5 nitrogen and oxygen atoms in total. The van der Waals surface area contributed by atoms with Crippen LogP contribution in [0.1, 0.15) is 45.2 Å². The smallest absolute Gasteiger partial charge is 0.162 e. The zero-order valence-electron chi connectivity index (χ0n) is 12.1. The Morgan fingerprint density at radius 3 is 2.68 bits per heavy atom. The quantitative estimate of drug-likeness (QED) is 0.851. The number of aliphatic hydroxyl groups is 1. The summed E-state index contributed by atoms with van der Waals surface area (Å²) in [7, 11) is 1.63. The van der Waals surface area contributed by atoms with E-state index in [1.54, 1.807) is 13.3 Å². The van der Waals surface area contributed by atoms with E-state index in [1.165, 1.54) is 0 Å². The number of hydrogen-bond donors (Lipinski definition) is 2. The third-order valence-corrected chi connectivity index (χ3v) is 4.07. The largest absolute Gasteiger partial charge is 0.493 e. The maximum Gasteiger partial charge on any atom is 0.162 e. The molecule has 1 aliphatic carbocycles. The molecule has 1 saturated carbocycles. The Bertz CT molecular complexity index is 387. The van der Waals surface area contributed by atoms with Crippen LogP contribution in [-0.2, 0) is 12.1 Å². The van der Waals surface area contributed by atoms with Crippen molar-refractivity contribution in [3.63, 3.8) is 0 Å². The van der Waals surface area contributed by atoms with Crippen LogP contribution in [-0.4, -0.2) is 34.6 Å². The first-order valence-electron chi connectivity index (χ1n) is 7.20. The minimum Gasteiger partial charge on any atom is -0.493 e. The third-order valence-electron chi connectivity index (χ3n) is 4.07. The number of methoxy groups -OCH3 is 1. The molecule has 0 radical (unpaired) electrons. The fraction of sp³-hybridized carbons (Fsp3) is 0.786. The lowest BCUT2D eigenvalue weighted by molar-refractivity contribution is -0.0176. The summed E-state index contributed by atoms with van der Waals surface area (Å²) in [6, 6.07) is 0.522. The van der Waals surface area contributed by atoms with E-state index < -0.39 is 5.60 Å². The molecular formula is C14H25N3O2. The van der Waals surface area contributed by atoms with Gasteiger partial charge in [0.2, 0.25) is 0 Å². The number of nitrogens with zero attached hydrogens (tertiary/aromatic N) is 2. The predicted octanol–water partition coefficient (Wildman–Crippen LogP) is 1.65. The van der Waals surface area contributed by atoms with Crippen LogP contribution in [0.3, 0.4) is 0 Å². The van der Waals surface area contributed by atoms with Gasteiger partial charge in [-0.05, 0) is 39.2 Å². The average Bonchev–Trinajstić information content (AvgIpc) is 2.85. The van der Waals surface area contributed by atoms with Gasteiger partial charge in [0.05, 0.1) is 13.3 Å². The third kappa shape index (κ3) is 2.77. The number of rotatable bonds is 5. The van der Waals surface area contributed by atoms with E-state index in [0.717, 1.165) is 44.5 Å². The van der Waals surface area contributed by atoms with Crippen molar-refractivity contribution >= 4 is 0 Å². The summed E-state index contributed by atoms with van der Waals surface area (Å²) < 4.78 is 7.22. The van der Waals surface area contributed by atoms with Gasteiger partial charge in [-0.15, -0.1) is 0 Å². The van der Waals surface area contributed by atoms with E-state index in [4.69, 9.17) is 4.74 Å². The molecule has 2 N–H and O–H groups in total. The zero-order valence-corrected chi connectivity index (χ0v) is 12.1. The van der Waals surface area contributed by atoms with Crippen LogP contribution in [0.5, 0.6) is 5.75 Å². The highest BCUT2D eigenvalue weighted by Crippen LogP contribution is 2.41. The van der Waals surface area contributed by atoms with Gasteiger partial charge in [-0.3, -0.25) is 4.68 Å². The molecule has 0 aromatic carbocycles. The van der Waals surface area contributed by atoms with E-state index in [9.17, 15) is 5.11 Å². The first-order valence-corrected chi connectivity index (χ1v) is 7.20. The first-order chi connectivity index (χ1) is 9.14. The topological polar surface area (TPSA) is 59.3 Å². The molecule has 1 aromatic rings. The molecule has 0 bridgehead atoms. The van der Waals surface area contributed by atoms with Crippen molar-refractivity contribution in [1.29, 1.82) is 0 Å². The summed E-state index contributed by atoms with van der Waals surface area (Å²) >= 11 is 0. The van der Waals surface area contributed by atoms with Crippen molar-refractivity contribution in [1.82, 2.24) is 15.1 Å². The number of aryl methyl sites for hydroxylation is 1. The second-order valence-corrected chi connectivity index (χ2v) is 5.24. The fourth-order valence-corrected chi connectivity index (χ4v) is 3.05. The summed E-state index contributed by atoms with van der Waals surface area (Å²) in [4.78, 5) is 0. The molecule has 0 aliphatic heterocycles. The molecule has 108 valence electrons. The van der Waals surface area contributed by atoms with Gasteiger partial charge in [-0.1, -0.05) is 6.92 Å². The molecule has 1 aliphatic rings. The lowest BCUT2D eigenvalue weighted by Crippen LogP contribution is -2.41. The molecular weight excluding hydrogens is 242 g/mol. The zero-order chi connectivity index (χ0) is 13.9. The Morgan fingerprint density at radius 2 is 2.16 bits per heavy atom. The van der Waals surface area contributed by atoms with E-state index >= 15 is 0 Å². The molecule has 0 spiro atoms. The minimum atomic E-state index is -0.802. The van der Waals surface area contributed by atoms with Crippen molar-refractivity contribution in [2.24, 2.45) is 0 Å². The molecule has 1 fully saturated rings. The van der Waals surface area contributed by atoms with Gasteiger partial charge in [-0.2, -0.15) is 5.10 Å². The Morgan fingerprint density at radius 1 is 1.47 bits per heavy atom. The van der Waals surface area contributed by atoms with Crippen LogP contribution in [0.15, 0.2) is 6.20 Å². The summed E-state index contributed by atoms with van der Waals surface area (Å²) in [5.74, 6) is 0.700. The highest BCUT2D eigenvalue weighted by Gasteiger charge is 2.39. The lowest BCUT2D eigenvalue weighted by atomic mass is 9.79. The van der Waals surface area contributed by atoms with Gasteiger partial charge in [-0.25, -0.2) is 0 Å². The van der Waals surface area contributed by atoms with E-state index in [1.807, 2.05) is 11.6 Å². The lowest BCUT2D eigenvalue weighted by Gasteiger charge is -2.36. The van der Waals surface area contributed by atoms with E-state index in [-0.39, 0.29) is 0 Å². The molecule has 0 unspecified atom stereocenters. The standard InChI is InChI=1S/C14H25N3O2/c1-4-15-11-6-8-14(18,9-7-11)13-12(19-3)10-16-17(13)5-2/h10-11,15,18H,4-9H2,1-3H3. The van der Waals surface area contributed by atoms with Gasteiger partial charge in [0.15, 0.2) is 5.75 Å². The Kier molecular flexibility index (Phi) is 4.47. The molecule has 0 saturated heterocycles. The van der Waals surface area contributed by atoms with E-state index in [0.29, 0.717) is 11.8 Å². The number of hydrogen-bond acceptors (Lipinski definition) is 4. The van der Waals surface area contributed by atoms with Crippen molar-refractivity contribution < 1.29 is 9.84 Å². The highest BCUT2D eigenvalue weighted by molar-refractivity contribution is 5.31. The molecule has 1 heterocycles. The van der Waals surface area contributed by atoms with Crippen LogP contribution in [0.2, 0.25) is 0 Å². The molecule has 5 heteroatoms. The van der Waals surface area contributed by atoms with Crippen LogP contribution >= 0.6 is 0 Å². The summed E-state index contributed by atoms with van der Waals surface area (Å²) in [6.07, 6.45) is 5.19. The number of aromatic nitrogens is 2. The van der Waals surface area contributed by atoms with Gasteiger partial charge in [0.25, 0.3) is 0 Å². The Balaban J connectivity index is 2.19. The maximum atomic E-state index is 11.0. The van der Waals surface area contributed by atoms with Gasteiger partial charge < -0.3 is 15.2 Å². The first kappa shape index (κ1) is 14.3. The van der Waals surface area contributed by atoms with Crippen molar-refractivity contribution in [2.75, 3.05) is 13.7 Å². The van der Waals surface area contributed by atoms with Crippen LogP contribution in [0.25, 0.3) is 0 Å². The minimum absolute atomic E-state index is 0.522. The second kappa shape index (κ2) is 5.92. The summed E-state index contributed by atoms with van der Waals surface area (Å²) in [6.45, 7) is 5.89. The van der Waals surface area contributed by atoms with Gasteiger partial charge in [0, 0.05) is 12.6 Å². The molecule has 0 atom stereocenters. The molecule has 0 amide bonds. The molecule has 19 heavy (non-hydrogen) atoms. The SMILES string of the molecule is CCNC1CCC(O)(c2c(OC)cnn2CC)CC1. The van der Waals surface area contributed by atoms with Gasteiger partial charge >= 0.3 is 0 Å². The van der Waals surface area contributed by atoms with Crippen molar-refractivity contribution in [3.05, 3.63) is 11.9 Å². The van der Waals surface area contributed by atoms with Crippen LogP contribution < -0.4 is 10.1 Å². The van der Waals surface area contributed by atoms with Crippen molar-refractivity contribution in [2.45, 2.75) is 57.7 Å². The highest BCUT2D eigenvalue weighted by atomic mass is 16.5. The second-order valence-electron chi connectivity index (χ2n) is 5.24. The van der Waals surface area contributed by atoms with Crippen LogP contribution in [0.4, 0.5) is 0 Å². The van der Waals surface area contributed by atoms with Crippen LogP contribution in [0, 0.1) is 0 Å². The van der Waals surface area contributed by atoms with Gasteiger partial charge in [0.1, 0.15) is 11.3 Å². The predicted molar refractivity (Wildman–Crippen MR) is 74.3 cm³/mol. The number of ether oxygens (including phenoxy) is 1. The summed E-state index contributed by atoms with van der Waals surface area (Å²) in [5, 5.41) is 18.7. The average molecular weight is 267 g/mol. The maximum absolute atomic E-state index is 11.0. The fourth-order valence-electron chi connectivity index (χ4n) is 3.05. The number of nitrogens with one attached hydrogen (secondary N) is 1. The Hall–Kier alpha value is -1.07. The summed E-state index contributed by atoms with van der Waals surface area (Å²) in [5.41, 5.74) is 0.0384. The van der Waals surface area contributed by atoms with Crippen molar-refractivity contribution in [3.8, 4) is 5.75 Å².